The zero-order chi connectivity index (χ0) is 4.83. The zero-order valence-electron chi connectivity index (χ0n) is 3.35. The molecule has 0 bridgehead atoms. The van der Waals surface area contributed by atoms with E-state index in [-0.39, 0.29) is 6.67 Å². The van der Waals surface area contributed by atoms with E-state index in [1.807, 2.05) is 0 Å². The molecule has 0 aromatic rings. The molecule has 0 spiro atoms. The first-order valence-electron chi connectivity index (χ1n) is 1.55. The van der Waals surface area contributed by atoms with Crippen molar-refractivity contribution in [1.82, 2.24) is 5.32 Å². The van der Waals surface area contributed by atoms with E-state index in [1.54, 1.807) is 0 Å². The van der Waals surface area contributed by atoms with Crippen molar-refractivity contribution in [2.45, 2.75) is 0 Å². The summed E-state index contributed by atoms with van der Waals surface area (Å²) in [6.07, 6.45) is 1.42. The third-order valence-corrected chi connectivity index (χ3v) is 0.300. The van der Waals surface area contributed by atoms with E-state index in [1.165, 1.54) is 6.20 Å². The maximum Gasteiger partial charge on any atom is 0.149 e. The Labute approximate surface area is 36.0 Å². The fraction of sp³-hybridized carbons (Fsp3) is 0.333. The second-order valence-corrected chi connectivity index (χ2v) is 0.695. The fourth-order valence-corrected chi connectivity index (χ4v) is 0.102. The van der Waals surface area contributed by atoms with Crippen molar-refractivity contribution in [2.24, 2.45) is 5.18 Å². The van der Waals surface area contributed by atoms with Gasteiger partial charge in [-0.2, -0.15) is 0 Å². The lowest BCUT2D eigenvalue weighted by Gasteiger charge is -1.81. The molecule has 0 aliphatic rings. The molecule has 0 atom stereocenters. The van der Waals surface area contributed by atoms with Gasteiger partial charge in [-0.05, 0) is 11.4 Å². The first kappa shape index (κ1) is 5.14. The third-order valence-electron chi connectivity index (χ3n) is 0.300. The normalized spacial score (nSPS) is 6.67. The average Bonchev–Trinajstić information content (AvgIpc) is 1.61. The molecule has 0 aromatic heterocycles. The molecule has 1 N–H and O–H groups in total. The summed E-state index contributed by atoms with van der Waals surface area (Å²) in [6, 6.07) is 0. The van der Waals surface area contributed by atoms with Crippen LogP contribution >= 0.6 is 0 Å². The third kappa shape index (κ3) is 3.14. The van der Waals surface area contributed by atoms with E-state index >= 15 is 0 Å². The van der Waals surface area contributed by atoms with Gasteiger partial charge in [-0.1, -0.05) is 6.58 Å². The Balaban J connectivity index is 2.66. The van der Waals surface area contributed by atoms with Crippen LogP contribution in [0.2, 0.25) is 0 Å². The van der Waals surface area contributed by atoms with Crippen LogP contribution in [-0.2, 0) is 0 Å². The topological polar surface area (TPSA) is 41.5 Å². The predicted molar refractivity (Wildman–Crippen MR) is 24.0 cm³/mol. The van der Waals surface area contributed by atoms with Crippen molar-refractivity contribution in [3.05, 3.63) is 17.7 Å². The zero-order valence-corrected chi connectivity index (χ0v) is 3.35. The summed E-state index contributed by atoms with van der Waals surface area (Å²) < 4.78 is 0. The summed E-state index contributed by atoms with van der Waals surface area (Å²) in [4.78, 5) is 9.20. The number of hydrogen-bond acceptors (Lipinski definition) is 3. The Hall–Kier alpha value is -0.860. The van der Waals surface area contributed by atoms with Gasteiger partial charge in [0.15, 0.2) is 0 Å². The molecule has 0 aliphatic carbocycles. The van der Waals surface area contributed by atoms with Crippen LogP contribution in [0, 0.1) is 4.91 Å². The molecule has 0 fully saturated rings. The molecule has 0 aromatic carbocycles. The summed E-state index contributed by atoms with van der Waals surface area (Å²) in [6.45, 7) is 3.40. The van der Waals surface area contributed by atoms with Gasteiger partial charge in [-0.25, -0.2) is 0 Å². The Bertz CT molecular complexity index is 44.8. The lowest BCUT2D eigenvalue weighted by atomic mass is 10.9. The van der Waals surface area contributed by atoms with Crippen LogP contribution < -0.4 is 5.32 Å². The largest absolute Gasteiger partial charge is 0.370 e. The van der Waals surface area contributed by atoms with Crippen molar-refractivity contribution < 1.29 is 0 Å². The Morgan fingerprint density at radius 2 is 2.67 bits per heavy atom. The number of rotatable bonds is 3. The summed E-state index contributed by atoms with van der Waals surface area (Å²) >= 11 is 0. The van der Waals surface area contributed by atoms with Crippen LogP contribution in [0.4, 0.5) is 0 Å². The molecule has 3 nitrogen and oxygen atoms in total. The van der Waals surface area contributed by atoms with Gasteiger partial charge < -0.3 is 5.32 Å². The van der Waals surface area contributed by atoms with E-state index in [0.29, 0.717) is 0 Å². The van der Waals surface area contributed by atoms with Crippen LogP contribution in [0.1, 0.15) is 0 Å². The minimum absolute atomic E-state index is 0.115. The number of nitrogens with zero attached hydrogens (tertiary/aromatic N) is 1. The number of nitroso groups, excluding NO2 is 1. The van der Waals surface area contributed by atoms with Crippen molar-refractivity contribution in [3.63, 3.8) is 0 Å². The highest BCUT2D eigenvalue weighted by molar-refractivity contribution is 4.59. The highest BCUT2D eigenvalue weighted by atomic mass is 16.3. The highest BCUT2D eigenvalue weighted by Crippen LogP contribution is 1.55. The fourth-order valence-electron chi connectivity index (χ4n) is 0.102. The molecule has 3 heteroatoms. The van der Waals surface area contributed by atoms with Crippen LogP contribution in [0.15, 0.2) is 18.0 Å². The first-order chi connectivity index (χ1) is 2.91. The van der Waals surface area contributed by atoms with E-state index in [4.69, 9.17) is 0 Å². The molecule has 0 saturated carbocycles. The smallest absolute Gasteiger partial charge is 0.149 e. The van der Waals surface area contributed by atoms with Gasteiger partial charge in [0.05, 0.1) is 0 Å². The molecule has 0 heterocycles. The lowest BCUT2D eigenvalue weighted by molar-refractivity contribution is 0.880. The van der Waals surface area contributed by atoms with Gasteiger partial charge in [0, 0.05) is 0 Å². The number of hydrogen-bond donors (Lipinski definition) is 1. The average molecular weight is 86.1 g/mol. The van der Waals surface area contributed by atoms with Crippen molar-refractivity contribution >= 4 is 0 Å². The second-order valence-electron chi connectivity index (χ2n) is 0.695. The quantitative estimate of drug-likeness (QED) is 0.400. The van der Waals surface area contributed by atoms with Gasteiger partial charge in [0.2, 0.25) is 0 Å². The monoisotopic (exact) mass is 86.0 g/mol. The summed E-state index contributed by atoms with van der Waals surface area (Å²) in [7, 11) is 0. The van der Waals surface area contributed by atoms with Crippen molar-refractivity contribution in [2.75, 3.05) is 6.67 Å². The molecule has 0 aliphatic heterocycles. The van der Waals surface area contributed by atoms with E-state index in [0.717, 1.165) is 0 Å². The van der Waals surface area contributed by atoms with Crippen LogP contribution in [0.25, 0.3) is 0 Å². The second kappa shape index (κ2) is 4.14. The molecule has 0 amide bonds. The van der Waals surface area contributed by atoms with Gasteiger partial charge >= 0.3 is 0 Å². The van der Waals surface area contributed by atoms with Crippen LogP contribution in [0.5, 0.6) is 0 Å². The molecular weight excluding hydrogens is 80.0 g/mol. The SMILES string of the molecule is C=CNCN=O. The van der Waals surface area contributed by atoms with Gasteiger partial charge in [-0.15, -0.1) is 4.91 Å². The van der Waals surface area contributed by atoms with Crippen molar-refractivity contribution in [1.29, 1.82) is 0 Å². The molecule has 0 radical (unpaired) electrons. The maximum absolute atomic E-state index is 9.20. The van der Waals surface area contributed by atoms with E-state index in [9.17, 15) is 4.91 Å². The predicted octanol–water partition coefficient (Wildman–Crippen LogP) is 0.443. The first-order valence-corrected chi connectivity index (χ1v) is 1.55. The molecule has 0 saturated heterocycles. The van der Waals surface area contributed by atoms with E-state index in [2.05, 4.69) is 17.1 Å². The minimum Gasteiger partial charge on any atom is -0.370 e. The Morgan fingerprint density at radius 1 is 2.00 bits per heavy atom. The van der Waals surface area contributed by atoms with Gasteiger partial charge in [-0.3, -0.25) is 0 Å². The van der Waals surface area contributed by atoms with Gasteiger partial charge in [0.25, 0.3) is 0 Å². The lowest BCUT2D eigenvalue weighted by Crippen LogP contribution is -2.00. The Kier molecular flexibility index (Phi) is 3.55. The number of nitrogens with one attached hydrogen (secondary N) is 1. The van der Waals surface area contributed by atoms with Crippen molar-refractivity contribution in [3.8, 4) is 0 Å². The van der Waals surface area contributed by atoms with Crippen LogP contribution in [0.3, 0.4) is 0 Å². The summed E-state index contributed by atoms with van der Waals surface area (Å²) in [5.41, 5.74) is 0. The maximum atomic E-state index is 9.20. The molecular formula is C3H6N2O. The molecule has 6 heavy (non-hydrogen) atoms. The summed E-state index contributed by atoms with van der Waals surface area (Å²) in [5.74, 6) is 0. The minimum atomic E-state index is 0.115. The highest BCUT2D eigenvalue weighted by Gasteiger charge is 1.64. The van der Waals surface area contributed by atoms with E-state index < -0.39 is 0 Å². The molecule has 34 valence electrons. The molecule has 0 unspecified atom stereocenters. The standard InChI is InChI=1S/C3H6N2O/c1-2-4-3-5-6/h2,4H,1,3H2. The molecule has 0 rings (SSSR count). The Morgan fingerprint density at radius 3 is 2.83 bits per heavy atom. The van der Waals surface area contributed by atoms with Gasteiger partial charge in [0.1, 0.15) is 6.67 Å². The van der Waals surface area contributed by atoms with Crippen LogP contribution in [-0.4, -0.2) is 6.67 Å². The summed E-state index contributed by atoms with van der Waals surface area (Å²) in [5, 5.41) is 4.98.